The molecule has 0 unspecified atom stereocenters. The lowest BCUT2D eigenvalue weighted by atomic mass is 10.6. The Hall–Kier alpha value is 0.260. The van der Waals surface area contributed by atoms with Crippen LogP contribution in [0.2, 0.25) is 0 Å². The normalized spacial score (nSPS) is 11.5. The SMILES string of the molecule is CC(C)Sc1nnc(SC(C)C)s1. The molecule has 1 aromatic rings. The molecule has 1 aromatic heterocycles. The average Bonchev–Trinajstić information content (AvgIpc) is 2.33. The van der Waals surface area contributed by atoms with Crippen molar-refractivity contribution in [2.45, 2.75) is 46.9 Å². The zero-order chi connectivity index (χ0) is 9.84. The summed E-state index contributed by atoms with van der Waals surface area (Å²) in [4.78, 5) is 0. The third-order valence-corrected chi connectivity index (χ3v) is 4.16. The largest absolute Gasteiger partial charge is 0.175 e. The van der Waals surface area contributed by atoms with Crippen LogP contribution in [0.1, 0.15) is 27.7 Å². The fourth-order valence-corrected chi connectivity index (χ4v) is 4.16. The molecule has 0 bridgehead atoms. The van der Waals surface area contributed by atoms with Crippen LogP contribution in [-0.2, 0) is 0 Å². The number of aromatic nitrogens is 2. The van der Waals surface area contributed by atoms with Crippen molar-refractivity contribution < 1.29 is 0 Å². The molecule has 0 aliphatic carbocycles. The Bertz CT molecular complexity index is 233. The van der Waals surface area contributed by atoms with Gasteiger partial charge in [0, 0.05) is 10.5 Å². The van der Waals surface area contributed by atoms with Crippen molar-refractivity contribution >= 4 is 34.9 Å². The lowest BCUT2D eigenvalue weighted by Crippen LogP contribution is -1.84. The van der Waals surface area contributed by atoms with E-state index < -0.39 is 0 Å². The molecule has 1 heterocycles. The summed E-state index contributed by atoms with van der Waals surface area (Å²) in [5.41, 5.74) is 0. The molecule has 5 heteroatoms. The van der Waals surface area contributed by atoms with Gasteiger partial charge in [0.2, 0.25) is 0 Å². The van der Waals surface area contributed by atoms with Crippen LogP contribution in [0.4, 0.5) is 0 Å². The highest BCUT2D eigenvalue weighted by molar-refractivity contribution is 8.03. The minimum absolute atomic E-state index is 0.588. The molecule has 0 aliphatic heterocycles. The molecular formula is C8H14N2S3. The van der Waals surface area contributed by atoms with Crippen LogP contribution < -0.4 is 0 Å². The zero-order valence-corrected chi connectivity index (χ0v) is 10.7. The predicted molar refractivity (Wildman–Crippen MR) is 61.9 cm³/mol. The average molecular weight is 234 g/mol. The third kappa shape index (κ3) is 4.33. The molecule has 0 saturated heterocycles. The van der Waals surface area contributed by atoms with Crippen LogP contribution in [0.25, 0.3) is 0 Å². The van der Waals surface area contributed by atoms with E-state index in [-0.39, 0.29) is 0 Å². The van der Waals surface area contributed by atoms with Gasteiger partial charge in [0.25, 0.3) is 0 Å². The van der Waals surface area contributed by atoms with Crippen molar-refractivity contribution in [1.82, 2.24) is 10.2 Å². The summed E-state index contributed by atoms with van der Waals surface area (Å²) in [6.07, 6.45) is 0. The first-order valence-electron chi connectivity index (χ1n) is 4.24. The standard InChI is InChI=1S/C8H14N2S3/c1-5(2)11-7-9-10-8(13-7)12-6(3)4/h5-6H,1-4H3. The van der Waals surface area contributed by atoms with Gasteiger partial charge in [0.05, 0.1) is 0 Å². The van der Waals surface area contributed by atoms with E-state index in [4.69, 9.17) is 0 Å². The van der Waals surface area contributed by atoms with E-state index >= 15 is 0 Å². The maximum atomic E-state index is 4.12. The van der Waals surface area contributed by atoms with E-state index in [0.717, 1.165) is 8.68 Å². The number of rotatable bonds is 4. The van der Waals surface area contributed by atoms with Gasteiger partial charge in [0.1, 0.15) is 0 Å². The minimum atomic E-state index is 0.588. The number of hydrogen-bond donors (Lipinski definition) is 0. The highest BCUT2D eigenvalue weighted by atomic mass is 32.2. The monoisotopic (exact) mass is 234 g/mol. The topological polar surface area (TPSA) is 25.8 Å². The first kappa shape index (κ1) is 11.3. The molecule has 0 spiro atoms. The van der Waals surface area contributed by atoms with Gasteiger partial charge in [-0.3, -0.25) is 0 Å². The fourth-order valence-electron chi connectivity index (χ4n) is 0.696. The minimum Gasteiger partial charge on any atom is -0.131 e. The van der Waals surface area contributed by atoms with E-state index in [0.29, 0.717) is 10.5 Å². The third-order valence-electron chi connectivity index (χ3n) is 1.06. The van der Waals surface area contributed by atoms with Gasteiger partial charge < -0.3 is 0 Å². The highest BCUT2D eigenvalue weighted by Crippen LogP contribution is 2.32. The molecule has 74 valence electrons. The van der Waals surface area contributed by atoms with Crippen molar-refractivity contribution in [3.8, 4) is 0 Å². The molecule has 0 fully saturated rings. The molecule has 1 rings (SSSR count). The van der Waals surface area contributed by atoms with E-state index in [1.165, 1.54) is 0 Å². The van der Waals surface area contributed by atoms with Gasteiger partial charge in [0.15, 0.2) is 8.68 Å². The quantitative estimate of drug-likeness (QED) is 0.744. The summed E-state index contributed by atoms with van der Waals surface area (Å²) in [5, 5.41) is 9.42. The zero-order valence-electron chi connectivity index (χ0n) is 8.27. The summed E-state index contributed by atoms with van der Waals surface area (Å²) >= 11 is 5.25. The lowest BCUT2D eigenvalue weighted by Gasteiger charge is -1.98. The second-order valence-electron chi connectivity index (χ2n) is 3.17. The summed E-state index contributed by atoms with van der Waals surface area (Å²) in [5.74, 6) is 0. The Labute approximate surface area is 91.9 Å². The van der Waals surface area contributed by atoms with Crippen molar-refractivity contribution in [1.29, 1.82) is 0 Å². The summed E-state index contributed by atoms with van der Waals surface area (Å²) < 4.78 is 2.16. The van der Waals surface area contributed by atoms with Crippen molar-refractivity contribution in [3.05, 3.63) is 0 Å². The maximum Gasteiger partial charge on any atom is 0.175 e. The Morgan fingerprint density at radius 2 is 1.31 bits per heavy atom. The van der Waals surface area contributed by atoms with Gasteiger partial charge in [-0.25, -0.2) is 0 Å². The van der Waals surface area contributed by atoms with Crippen LogP contribution >= 0.6 is 34.9 Å². The Kier molecular flexibility index (Phi) is 4.55. The van der Waals surface area contributed by atoms with Gasteiger partial charge in [-0.1, -0.05) is 62.6 Å². The Morgan fingerprint density at radius 1 is 0.923 bits per heavy atom. The molecule has 0 amide bonds. The summed E-state index contributed by atoms with van der Waals surface area (Å²) in [6.45, 7) is 8.67. The fraction of sp³-hybridized carbons (Fsp3) is 0.750. The molecule has 0 aliphatic rings. The van der Waals surface area contributed by atoms with E-state index in [9.17, 15) is 0 Å². The van der Waals surface area contributed by atoms with Crippen molar-refractivity contribution in [2.75, 3.05) is 0 Å². The van der Waals surface area contributed by atoms with Gasteiger partial charge in [-0.2, -0.15) is 0 Å². The predicted octanol–water partition coefficient (Wildman–Crippen LogP) is 3.54. The van der Waals surface area contributed by atoms with Gasteiger partial charge >= 0.3 is 0 Å². The van der Waals surface area contributed by atoms with Crippen LogP contribution in [0, 0.1) is 0 Å². The van der Waals surface area contributed by atoms with Gasteiger partial charge in [-0.15, -0.1) is 10.2 Å². The van der Waals surface area contributed by atoms with Crippen LogP contribution in [0.15, 0.2) is 8.68 Å². The molecule has 0 saturated carbocycles. The smallest absolute Gasteiger partial charge is 0.131 e. The van der Waals surface area contributed by atoms with Crippen LogP contribution in [0.3, 0.4) is 0 Å². The molecule has 2 nitrogen and oxygen atoms in total. The van der Waals surface area contributed by atoms with E-state index in [1.54, 1.807) is 34.9 Å². The van der Waals surface area contributed by atoms with Crippen molar-refractivity contribution in [2.24, 2.45) is 0 Å². The Balaban J connectivity index is 2.53. The van der Waals surface area contributed by atoms with Crippen LogP contribution in [-0.4, -0.2) is 20.7 Å². The second kappa shape index (κ2) is 5.22. The molecule has 0 aromatic carbocycles. The molecule has 0 atom stereocenters. The molecule has 0 N–H and O–H groups in total. The second-order valence-corrected chi connectivity index (χ2v) is 7.79. The highest BCUT2D eigenvalue weighted by Gasteiger charge is 2.08. The lowest BCUT2D eigenvalue weighted by molar-refractivity contribution is 0.946. The first-order valence-corrected chi connectivity index (χ1v) is 6.82. The Morgan fingerprint density at radius 3 is 1.62 bits per heavy atom. The number of hydrogen-bond acceptors (Lipinski definition) is 5. The van der Waals surface area contributed by atoms with E-state index in [1.807, 2.05) is 0 Å². The summed E-state index contributed by atoms with van der Waals surface area (Å²) in [6, 6.07) is 0. The maximum absolute atomic E-state index is 4.12. The summed E-state index contributed by atoms with van der Waals surface area (Å²) in [7, 11) is 0. The number of thioether (sulfide) groups is 2. The molecular weight excluding hydrogens is 220 g/mol. The van der Waals surface area contributed by atoms with E-state index in [2.05, 4.69) is 37.9 Å². The van der Waals surface area contributed by atoms with Crippen molar-refractivity contribution in [3.63, 3.8) is 0 Å². The van der Waals surface area contributed by atoms with Crippen LogP contribution in [0.5, 0.6) is 0 Å². The van der Waals surface area contributed by atoms with Gasteiger partial charge in [-0.05, 0) is 0 Å². The first-order chi connectivity index (χ1) is 6.08. The molecule has 13 heavy (non-hydrogen) atoms. The molecule has 0 radical (unpaired) electrons. The number of nitrogens with zero attached hydrogens (tertiary/aromatic N) is 2.